The first-order valence-electron chi connectivity index (χ1n) is 7.91. The number of hydrogen-bond donors (Lipinski definition) is 1. The summed E-state index contributed by atoms with van der Waals surface area (Å²) in [6.45, 7) is 3.97. The Morgan fingerprint density at radius 2 is 1.93 bits per heavy atom. The van der Waals surface area contributed by atoms with E-state index in [9.17, 15) is 10.1 Å². The highest BCUT2D eigenvalue weighted by Gasteiger charge is 2.13. The minimum absolute atomic E-state index is 0.00741. The molecule has 0 fully saturated rings. The molecule has 6 heteroatoms. The molecule has 0 unspecified atom stereocenters. The second-order valence-electron chi connectivity index (χ2n) is 5.75. The van der Waals surface area contributed by atoms with Crippen LogP contribution < -0.4 is 10.1 Å². The van der Waals surface area contributed by atoms with Gasteiger partial charge in [0, 0.05) is 5.69 Å². The zero-order valence-corrected chi connectivity index (χ0v) is 17.9. The number of nitrogens with one attached hydrogen (secondary N) is 1. The fourth-order valence-electron chi connectivity index (χ4n) is 2.29. The predicted octanol–water partition coefficient (Wildman–Crippen LogP) is 5.39. The standard InChI is InChI=1S/C21H16Br2N2O2/c1-4-7-27-20-17(22)10-15(11-18(20)23)9-16(12-24)21(26)25-19-8-13(2)5-6-14(19)3/h1,5-6,8-11H,7H2,2-3H3,(H,25,26)/b16-9+. The van der Waals surface area contributed by atoms with Crippen LogP contribution in [-0.2, 0) is 4.79 Å². The fraction of sp³-hybridized carbons (Fsp3) is 0.143. The van der Waals surface area contributed by atoms with Crippen LogP contribution in [0.25, 0.3) is 6.08 Å². The lowest BCUT2D eigenvalue weighted by Gasteiger charge is -2.10. The quantitative estimate of drug-likeness (QED) is 0.349. The molecule has 0 radical (unpaired) electrons. The average Bonchev–Trinajstić information content (AvgIpc) is 2.62. The molecule has 2 aromatic rings. The number of halogens is 2. The first kappa shape index (κ1) is 20.8. The Balaban J connectivity index is 2.30. The van der Waals surface area contributed by atoms with Crippen molar-refractivity contribution in [2.24, 2.45) is 0 Å². The van der Waals surface area contributed by atoms with Crippen LogP contribution in [0.1, 0.15) is 16.7 Å². The molecule has 1 amide bonds. The van der Waals surface area contributed by atoms with Crippen LogP contribution in [0.3, 0.4) is 0 Å². The third-order valence-electron chi connectivity index (χ3n) is 3.64. The van der Waals surface area contributed by atoms with Gasteiger partial charge < -0.3 is 10.1 Å². The van der Waals surface area contributed by atoms with Gasteiger partial charge in [0.1, 0.15) is 24.0 Å². The molecule has 2 rings (SSSR count). The summed E-state index contributed by atoms with van der Waals surface area (Å²) in [5.74, 6) is 2.49. The first-order chi connectivity index (χ1) is 12.8. The van der Waals surface area contributed by atoms with Crippen LogP contribution >= 0.6 is 31.9 Å². The van der Waals surface area contributed by atoms with Gasteiger partial charge in [-0.25, -0.2) is 0 Å². The fourth-order valence-corrected chi connectivity index (χ4v) is 3.74. The molecule has 27 heavy (non-hydrogen) atoms. The van der Waals surface area contributed by atoms with E-state index in [0.717, 1.165) is 11.1 Å². The molecule has 0 saturated heterocycles. The van der Waals surface area contributed by atoms with Crippen molar-refractivity contribution in [3.05, 3.63) is 61.5 Å². The Bertz CT molecular complexity index is 975. The van der Waals surface area contributed by atoms with Crippen molar-refractivity contribution in [1.29, 1.82) is 5.26 Å². The van der Waals surface area contributed by atoms with Gasteiger partial charge in [-0.1, -0.05) is 18.1 Å². The van der Waals surface area contributed by atoms with E-state index in [0.29, 0.717) is 25.9 Å². The zero-order valence-electron chi connectivity index (χ0n) is 14.8. The van der Waals surface area contributed by atoms with Crippen molar-refractivity contribution in [2.45, 2.75) is 13.8 Å². The number of ether oxygens (including phenoxy) is 1. The molecule has 0 aliphatic rings. The van der Waals surface area contributed by atoms with Crippen LogP contribution in [0.5, 0.6) is 5.75 Å². The van der Waals surface area contributed by atoms with Gasteiger partial charge in [-0.05, 0) is 86.7 Å². The van der Waals surface area contributed by atoms with Gasteiger partial charge in [-0.2, -0.15) is 5.26 Å². The van der Waals surface area contributed by atoms with Crippen molar-refractivity contribution in [1.82, 2.24) is 0 Å². The smallest absolute Gasteiger partial charge is 0.266 e. The van der Waals surface area contributed by atoms with Gasteiger partial charge in [-0.3, -0.25) is 4.79 Å². The number of nitriles is 1. The van der Waals surface area contributed by atoms with E-state index in [-0.39, 0.29) is 12.2 Å². The van der Waals surface area contributed by atoms with Crippen LogP contribution in [0.2, 0.25) is 0 Å². The highest BCUT2D eigenvalue weighted by atomic mass is 79.9. The third-order valence-corrected chi connectivity index (χ3v) is 4.82. The van der Waals surface area contributed by atoms with E-state index >= 15 is 0 Å². The lowest BCUT2D eigenvalue weighted by atomic mass is 10.1. The lowest BCUT2D eigenvalue weighted by Crippen LogP contribution is -2.14. The largest absolute Gasteiger partial charge is 0.479 e. The number of nitrogens with zero attached hydrogens (tertiary/aromatic N) is 1. The molecule has 0 atom stereocenters. The number of terminal acetylenes is 1. The number of carbonyl (C=O) groups excluding carboxylic acids is 1. The summed E-state index contributed by atoms with van der Waals surface area (Å²) in [4.78, 5) is 12.5. The van der Waals surface area contributed by atoms with Gasteiger partial charge in [-0.15, -0.1) is 6.42 Å². The van der Waals surface area contributed by atoms with E-state index in [2.05, 4.69) is 43.1 Å². The maximum absolute atomic E-state index is 12.5. The number of benzene rings is 2. The van der Waals surface area contributed by atoms with Gasteiger partial charge >= 0.3 is 0 Å². The molecule has 0 aliphatic heterocycles. The normalized spacial score (nSPS) is 10.7. The summed E-state index contributed by atoms with van der Waals surface area (Å²) in [5, 5.41) is 12.2. The minimum Gasteiger partial charge on any atom is -0.479 e. The third kappa shape index (κ3) is 5.47. The van der Waals surface area contributed by atoms with E-state index in [1.807, 2.05) is 38.1 Å². The molecule has 0 bridgehead atoms. The van der Waals surface area contributed by atoms with Crippen molar-refractivity contribution >= 4 is 49.5 Å². The highest BCUT2D eigenvalue weighted by molar-refractivity contribution is 9.11. The average molecular weight is 488 g/mol. The maximum Gasteiger partial charge on any atom is 0.266 e. The molecule has 0 aromatic heterocycles. The SMILES string of the molecule is C#CCOc1c(Br)cc(/C=C(\C#N)C(=O)Nc2cc(C)ccc2C)cc1Br. The molecule has 0 saturated carbocycles. The van der Waals surface area contributed by atoms with Crippen molar-refractivity contribution < 1.29 is 9.53 Å². The summed E-state index contributed by atoms with van der Waals surface area (Å²) >= 11 is 6.82. The monoisotopic (exact) mass is 486 g/mol. The topological polar surface area (TPSA) is 62.1 Å². The van der Waals surface area contributed by atoms with Gasteiger partial charge in [0.05, 0.1) is 8.95 Å². The summed E-state index contributed by atoms with van der Waals surface area (Å²) in [5.41, 5.74) is 3.28. The van der Waals surface area contributed by atoms with Crippen molar-refractivity contribution in [3.63, 3.8) is 0 Å². The van der Waals surface area contributed by atoms with E-state index < -0.39 is 5.91 Å². The molecule has 0 heterocycles. The molecule has 1 N–H and O–H groups in total. The molecular formula is C21H16Br2N2O2. The highest BCUT2D eigenvalue weighted by Crippen LogP contribution is 2.35. The Hall–Kier alpha value is -2.54. The summed E-state index contributed by atoms with van der Waals surface area (Å²) < 4.78 is 6.77. The van der Waals surface area contributed by atoms with E-state index in [1.54, 1.807) is 12.1 Å². The van der Waals surface area contributed by atoms with Crippen molar-refractivity contribution in [2.75, 3.05) is 11.9 Å². The molecule has 136 valence electrons. The Morgan fingerprint density at radius 1 is 1.26 bits per heavy atom. The molecule has 2 aromatic carbocycles. The van der Waals surface area contributed by atoms with E-state index in [4.69, 9.17) is 11.2 Å². The second-order valence-corrected chi connectivity index (χ2v) is 7.46. The van der Waals surface area contributed by atoms with Gasteiger partial charge in [0.15, 0.2) is 0 Å². The number of rotatable bonds is 5. The summed E-state index contributed by atoms with van der Waals surface area (Å²) in [6, 6.07) is 11.2. The maximum atomic E-state index is 12.5. The zero-order chi connectivity index (χ0) is 20.0. The molecular weight excluding hydrogens is 472 g/mol. The van der Waals surface area contributed by atoms with E-state index in [1.165, 1.54) is 6.08 Å². The van der Waals surface area contributed by atoms with Crippen LogP contribution in [0.15, 0.2) is 44.9 Å². The summed E-state index contributed by atoms with van der Waals surface area (Å²) in [6.07, 6.45) is 6.73. The number of hydrogen-bond acceptors (Lipinski definition) is 3. The number of aryl methyl sites for hydroxylation is 2. The van der Waals surface area contributed by atoms with Gasteiger partial charge in [0.2, 0.25) is 0 Å². The minimum atomic E-state index is -0.467. The summed E-state index contributed by atoms with van der Waals surface area (Å²) in [7, 11) is 0. The Labute approximate surface area is 175 Å². The Kier molecular flexibility index (Phi) is 7.24. The number of anilines is 1. The molecule has 4 nitrogen and oxygen atoms in total. The predicted molar refractivity (Wildman–Crippen MR) is 114 cm³/mol. The number of carbonyl (C=O) groups is 1. The lowest BCUT2D eigenvalue weighted by molar-refractivity contribution is -0.112. The second kappa shape index (κ2) is 9.41. The number of amides is 1. The van der Waals surface area contributed by atoms with Crippen molar-refractivity contribution in [3.8, 4) is 24.2 Å². The van der Waals surface area contributed by atoms with Crippen LogP contribution in [0, 0.1) is 37.5 Å². The molecule has 0 aliphatic carbocycles. The first-order valence-corrected chi connectivity index (χ1v) is 9.50. The van der Waals surface area contributed by atoms with Crippen LogP contribution in [0.4, 0.5) is 5.69 Å². The van der Waals surface area contributed by atoms with Gasteiger partial charge in [0.25, 0.3) is 5.91 Å². The van der Waals surface area contributed by atoms with Crippen LogP contribution in [-0.4, -0.2) is 12.5 Å². The molecule has 0 spiro atoms. The Morgan fingerprint density at radius 3 is 2.52 bits per heavy atom.